The molecule has 2 nitrogen and oxygen atoms in total. The summed E-state index contributed by atoms with van der Waals surface area (Å²) in [6, 6.07) is 8.61. The Labute approximate surface area is 113 Å². The second-order valence-corrected chi connectivity index (χ2v) is 5.90. The highest BCUT2D eigenvalue weighted by Gasteiger charge is 2.21. The predicted octanol–water partition coefficient (Wildman–Crippen LogP) is 3.51. The van der Waals surface area contributed by atoms with Crippen molar-refractivity contribution in [3.8, 4) is 0 Å². The zero-order chi connectivity index (χ0) is 12.9. The quantitative estimate of drug-likeness (QED) is 0.842. The van der Waals surface area contributed by atoms with Crippen molar-refractivity contribution in [2.24, 2.45) is 5.41 Å². The zero-order valence-corrected chi connectivity index (χ0v) is 12.4. The fourth-order valence-electron chi connectivity index (χ4n) is 1.59. The Morgan fingerprint density at radius 3 is 2.71 bits per heavy atom. The first-order valence-corrected chi connectivity index (χ1v) is 6.90. The van der Waals surface area contributed by atoms with Gasteiger partial charge >= 0.3 is 0 Å². The molecule has 96 valence electrons. The lowest BCUT2D eigenvalue weighted by atomic mass is 9.88. The van der Waals surface area contributed by atoms with Crippen molar-refractivity contribution in [2.45, 2.75) is 33.2 Å². The maximum absolute atomic E-state index is 9.37. The van der Waals surface area contributed by atoms with Crippen LogP contribution in [0.25, 0.3) is 0 Å². The average molecular weight is 300 g/mol. The molecule has 1 unspecified atom stereocenters. The van der Waals surface area contributed by atoms with Crippen LogP contribution in [0.4, 0.5) is 0 Å². The Kier molecular flexibility index (Phi) is 5.63. The van der Waals surface area contributed by atoms with Gasteiger partial charge in [0.15, 0.2) is 0 Å². The third-order valence-electron chi connectivity index (χ3n) is 3.42. The Balaban J connectivity index is 2.58. The third-order valence-corrected chi connectivity index (χ3v) is 3.91. The first-order chi connectivity index (χ1) is 8.00. The van der Waals surface area contributed by atoms with Gasteiger partial charge in [0.2, 0.25) is 0 Å². The molecule has 0 heterocycles. The normalized spacial score (nSPS) is 16.5. The standard InChI is InChI=1S/C14H22BrNO/c1-4-14(3,10-17)9-16-11(2)12-6-5-7-13(15)8-12/h5-8,11,16-17H,4,9-10H2,1-3H3/t11-,14?/m1/s1. The van der Waals surface area contributed by atoms with Crippen molar-refractivity contribution in [1.29, 1.82) is 0 Å². The SMILES string of the molecule is CCC(C)(CO)CN[C@H](C)c1cccc(Br)c1. The van der Waals surface area contributed by atoms with E-state index in [4.69, 9.17) is 0 Å². The Bertz CT molecular complexity index is 350. The van der Waals surface area contributed by atoms with Crippen LogP contribution < -0.4 is 5.32 Å². The summed E-state index contributed by atoms with van der Waals surface area (Å²) >= 11 is 3.48. The van der Waals surface area contributed by atoms with Gasteiger partial charge in [0.05, 0.1) is 0 Å². The smallest absolute Gasteiger partial charge is 0.0496 e. The minimum atomic E-state index is -0.0275. The molecular weight excluding hydrogens is 278 g/mol. The highest BCUT2D eigenvalue weighted by atomic mass is 79.9. The number of aliphatic hydroxyl groups excluding tert-OH is 1. The lowest BCUT2D eigenvalue weighted by Crippen LogP contribution is -2.35. The molecule has 2 atom stereocenters. The molecule has 0 fully saturated rings. The van der Waals surface area contributed by atoms with Crippen LogP contribution in [0.1, 0.15) is 38.8 Å². The lowest BCUT2D eigenvalue weighted by Gasteiger charge is -2.28. The van der Waals surface area contributed by atoms with Crippen LogP contribution >= 0.6 is 15.9 Å². The first-order valence-electron chi connectivity index (χ1n) is 6.10. The van der Waals surface area contributed by atoms with Crippen molar-refractivity contribution >= 4 is 15.9 Å². The number of hydrogen-bond acceptors (Lipinski definition) is 2. The number of nitrogens with one attached hydrogen (secondary N) is 1. The molecule has 2 N–H and O–H groups in total. The number of hydrogen-bond donors (Lipinski definition) is 2. The number of aliphatic hydroxyl groups is 1. The fraction of sp³-hybridized carbons (Fsp3) is 0.571. The van der Waals surface area contributed by atoms with Crippen LogP contribution in [-0.4, -0.2) is 18.3 Å². The summed E-state index contributed by atoms with van der Waals surface area (Å²) in [5.74, 6) is 0. The van der Waals surface area contributed by atoms with Gasteiger partial charge in [0, 0.05) is 29.1 Å². The summed E-state index contributed by atoms with van der Waals surface area (Å²) in [6.07, 6.45) is 0.974. The maximum Gasteiger partial charge on any atom is 0.0496 e. The molecule has 0 aliphatic heterocycles. The maximum atomic E-state index is 9.37. The molecule has 0 saturated carbocycles. The van der Waals surface area contributed by atoms with Gasteiger partial charge in [0.1, 0.15) is 0 Å². The van der Waals surface area contributed by atoms with E-state index in [1.54, 1.807) is 0 Å². The summed E-state index contributed by atoms with van der Waals surface area (Å²) < 4.78 is 1.10. The molecule has 3 heteroatoms. The molecule has 0 saturated heterocycles. The second-order valence-electron chi connectivity index (χ2n) is 4.98. The van der Waals surface area contributed by atoms with Crippen molar-refractivity contribution < 1.29 is 5.11 Å². The van der Waals surface area contributed by atoms with E-state index in [1.165, 1.54) is 5.56 Å². The van der Waals surface area contributed by atoms with E-state index < -0.39 is 0 Å². The molecule has 0 radical (unpaired) electrons. The van der Waals surface area contributed by atoms with Crippen LogP contribution in [-0.2, 0) is 0 Å². The van der Waals surface area contributed by atoms with Crippen molar-refractivity contribution in [3.05, 3.63) is 34.3 Å². The predicted molar refractivity (Wildman–Crippen MR) is 76.0 cm³/mol. The molecule has 0 amide bonds. The molecule has 0 aliphatic carbocycles. The van der Waals surface area contributed by atoms with E-state index in [0.717, 1.165) is 17.4 Å². The topological polar surface area (TPSA) is 32.3 Å². The van der Waals surface area contributed by atoms with E-state index in [2.05, 4.69) is 54.2 Å². The van der Waals surface area contributed by atoms with E-state index in [9.17, 15) is 5.11 Å². The molecule has 0 bridgehead atoms. The van der Waals surface area contributed by atoms with Gasteiger partial charge in [-0.25, -0.2) is 0 Å². The van der Waals surface area contributed by atoms with E-state index in [0.29, 0.717) is 6.04 Å². The van der Waals surface area contributed by atoms with Gasteiger partial charge in [0.25, 0.3) is 0 Å². The summed E-state index contributed by atoms with van der Waals surface area (Å²) in [6.45, 7) is 7.42. The third kappa shape index (κ3) is 4.41. The second kappa shape index (κ2) is 6.53. The van der Waals surface area contributed by atoms with E-state index in [1.807, 2.05) is 12.1 Å². The lowest BCUT2D eigenvalue weighted by molar-refractivity contribution is 0.132. The van der Waals surface area contributed by atoms with Crippen molar-refractivity contribution in [2.75, 3.05) is 13.2 Å². The van der Waals surface area contributed by atoms with Crippen molar-refractivity contribution in [1.82, 2.24) is 5.32 Å². The van der Waals surface area contributed by atoms with Crippen LogP contribution in [0.2, 0.25) is 0 Å². The summed E-state index contributed by atoms with van der Waals surface area (Å²) in [5.41, 5.74) is 1.23. The fourth-order valence-corrected chi connectivity index (χ4v) is 2.00. The molecule has 17 heavy (non-hydrogen) atoms. The average Bonchev–Trinajstić information content (AvgIpc) is 2.35. The highest BCUT2D eigenvalue weighted by molar-refractivity contribution is 9.10. The summed E-state index contributed by atoms with van der Waals surface area (Å²) in [7, 11) is 0. The number of rotatable bonds is 6. The van der Waals surface area contributed by atoms with Crippen molar-refractivity contribution in [3.63, 3.8) is 0 Å². The van der Waals surface area contributed by atoms with Gasteiger partial charge in [-0.15, -0.1) is 0 Å². The molecule has 0 spiro atoms. The van der Waals surface area contributed by atoms with E-state index >= 15 is 0 Å². The minimum absolute atomic E-state index is 0.0275. The van der Waals surface area contributed by atoms with E-state index in [-0.39, 0.29) is 12.0 Å². The molecular formula is C14H22BrNO. The Hall–Kier alpha value is -0.380. The first kappa shape index (κ1) is 14.7. The molecule has 1 aromatic carbocycles. The van der Waals surface area contributed by atoms with Gasteiger partial charge in [-0.05, 0) is 31.0 Å². The van der Waals surface area contributed by atoms with Crippen LogP contribution in [0.3, 0.4) is 0 Å². The molecule has 1 aromatic rings. The Morgan fingerprint density at radius 2 is 2.18 bits per heavy atom. The summed E-state index contributed by atoms with van der Waals surface area (Å²) in [5, 5.41) is 12.9. The van der Waals surface area contributed by atoms with Crippen LogP contribution in [0.5, 0.6) is 0 Å². The number of halogens is 1. The zero-order valence-electron chi connectivity index (χ0n) is 10.8. The van der Waals surface area contributed by atoms with Crippen LogP contribution in [0, 0.1) is 5.41 Å². The monoisotopic (exact) mass is 299 g/mol. The largest absolute Gasteiger partial charge is 0.396 e. The van der Waals surface area contributed by atoms with Gasteiger partial charge < -0.3 is 10.4 Å². The highest BCUT2D eigenvalue weighted by Crippen LogP contribution is 2.22. The molecule has 1 rings (SSSR count). The molecule has 0 aliphatic rings. The van der Waals surface area contributed by atoms with Crippen LogP contribution in [0.15, 0.2) is 28.7 Å². The molecule has 0 aromatic heterocycles. The van der Waals surface area contributed by atoms with Gasteiger partial charge in [-0.1, -0.05) is 41.9 Å². The summed E-state index contributed by atoms with van der Waals surface area (Å²) in [4.78, 5) is 0. The Morgan fingerprint density at radius 1 is 1.47 bits per heavy atom. The van der Waals surface area contributed by atoms with Gasteiger partial charge in [-0.3, -0.25) is 0 Å². The van der Waals surface area contributed by atoms with Gasteiger partial charge in [-0.2, -0.15) is 0 Å². The minimum Gasteiger partial charge on any atom is -0.396 e. The number of benzene rings is 1.